The average Bonchev–Trinajstić information content (AvgIpc) is 2.56. The normalized spacial score (nSPS) is 15.6. The van der Waals surface area contributed by atoms with Gasteiger partial charge in [0.2, 0.25) is 0 Å². The molecule has 204 valence electrons. The van der Waals surface area contributed by atoms with Gasteiger partial charge in [0.15, 0.2) is 21.4 Å². The van der Waals surface area contributed by atoms with Crippen LogP contribution in [0.4, 0.5) is 0 Å². The first-order chi connectivity index (χ1) is 15.2. The number of allylic oxidation sites excluding steroid dienone is 1. The van der Waals surface area contributed by atoms with Crippen molar-refractivity contribution in [3.8, 4) is 0 Å². The predicted octanol–water partition coefficient (Wildman–Crippen LogP) is 5.49. The van der Waals surface area contributed by atoms with E-state index in [2.05, 4.69) is 27.4 Å². The fourth-order valence-corrected chi connectivity index (χ4v) is 5.08. The standard InChI is InChI=1S/C7H13O6P.C7H17O2P.C6H12.CH3O2P/c1-14(12,13)4-5(7(10)11)2-3-6(8)9;1-4-5-7(2)6-10(3,8)9;1-4-5-6(2)3;1-4(2)3/h5H,2-4H2,1H3,(H,8,9)(H,10,11)(H,12,13);7H,4-6H2,1-3H3,(H,8,9);2,4-5H2,1,3H3;1H3/p+1. The second kappa shape index (κ2) is 22.6. The minimum atomic E-state index is -3.41. The number of carbonyl (C=O) groups is 2. The smallest absolute Gasteiger partial charge is 0.481 e. The zero-order chi connectivity index (χ0) is 28.1. The highest BCUT2D eigenvalue weighted by atomic mass is 31.2. The quantitative estimate of drug-likeness (QED) is 0.153. The number of carboxylic acids is 2. The summed E-state index contributed by atoms with van der Waals surface area (Å²) in [5.74, 6) is -3.01. The topological polar surface area (TPSA) is 186 Å². The number of carboxylic acid groups (broad SMARTS) is 2. The Morgan fingerprint density at radius 3 is 1.56 bits per heavy atom. The minimum absolute atomic E-state index is 0.122. The van der Waals surface area contributed by atoms with Crippen molar-refractivity contribution in [3.63, 3.8) is 0 Å². The summed E-state index contributed by atoms with van der Waals surface area (Å²) in [7, 11) is -8.03. The molecule has 10 nitrogen and oxygen atoms in total. The Kier molecular flexibility index (Phi) is 26.8. The number of rotatable bonds is 12. The van der Waals surface area contributed by atoms with Crippen molar-refractivity contribution in [1.29, 1.82) is 0 Å². The minimum Gasteiger partial charge on any atom is -0.481 e. The second-order valence-corrected chi connectivity index (χ2v) is 14.4. The van der Waals surface area contributed by atoms with E-state index in [0.29, 0.717) is 12.1 Å². The molecule has 0 aliphatic heterocycles. The molecular weight excluding hydrogens is 505 g/mol. The Morgan fingerprint density at radius 2 is 1.35 bits per heavy atom. The van der Waals surface area contributed by atoms with Crippen LogP contribution in [0.2, 0.25) is 0 Å². The van der Waals surface area contributed by atoms with Gasteiger partial charge in [0, 0.05) is 32.1 Å². The molecule has 0 aliphatic carbocycles. The van der Waals surface area contributed by atoms with E-state index in [-0.39, 0.29) is 19.0 Å². The van der Waals surface area contributed by atoms with E-state index in [1.54, 1.807) is 0 Å². The highest BCUT2D eigenvalue weighted by Gasteiger charge is 2.25. The molecular formula is C21H46O10P3+. The molecule has 0 aromatic rings. The fraction of sp³-hybridized carbons (Fsp3) is 0.810. The van der Waals surface area contributed by atoms with Gasteiger partial charge >= 0.3 is 20.0 Å². The predicted molar refractivity (Wildman–Crippen MR) is 139 cm³/mol. The Bertz CT molecular complexity index is 678. The summed E-state index contributed by atoms with van der Waals surface area (Å²) in [5.41, 5.74) is 1.29. The molecule has 0 aliphatic rings. The zero-order valence-corrected chi connectivity index (χ0v) is 24.3. The van der Waals surface area contributed by atoms with Crippen molar-refractivity contribution in [3.05, 3.63) is 12.2 Å². The zero-order valence-electron chi connectivity index (χ0n) is 21.6. The maximum atomic E-state index is 10.9. The Morgan fingerprint density at radius 1 is 0.941 bits per heavy atom. The summed E-state index contributed by atoms with van der Waals surface area (Å²) >= 11 is 0. The Labute approximate surface area is 205 Å². The lowest BCUT2D eigenvalue weighted by molar-refractivity contribution is -0.142. The lowest BCUT2D eigenvalue weighted by atomic mass is 10.1. The lowest BCUT2D eigenvalue weighted by Crippen LogP contribution is -2.19. The molecule has 0 amide bonds. The first-order valence-electron chi connectivity index (χ1n) is 11.0. The lowest BCUT2D eigenvalue weighted by Gasteiger charge is -2.12. The highest BCUT2D eigenvalue weighted by molar-refractivity contribution is 7.57. The van der Waals surface area contributed by atoms with Gasteiger partial charge in [-0.3, -0.25) is 18.7 Å². The van der Waals surface area contributed by atoms with Gasteiger partial charge in [-0.15, -0.1) is 6.58 Å². The summed E-state index contributed by atoms with van der Waals surface area (Å²) < 4.78 is 30.9. The van der Waals surface area contributed by atoms with Crippen molar-refractivity contribution in [2.75, 3.05) is 32.3 Å². The molecule has 0 heterocycles. The SMILES string of the molecule is C=C(C)CCC.CCCC(C)CP(C)(=O)O.CP(=O)(O)CC(CCC(=O)O)C(=O)O.C[P+](=O)O. The van der Waals surface area contributed by atoms with Gasteiger partial charge in [-0.2, -0.15) is 4.89 Å². The largest absolute Gasteiger partial charge is 0.502 e. The van der Waals surface area contributed by atoms with Gasteiger partial charge in [0.1, 0.15) is 0 Å². The van der Waals surface area contributed by atoms with E-state index in [4.69, 9.17) is 29.5 Å². The summed E-state index contributed by atoms with van der Waals surface area (Å²) in [4.78, 5) is 46.2. The summed E-state index contributed by atoms with van der Waals surface area (Å²) in [6, 6.07) is 0. The molecule has 0 saturated carbocycles. The summed E-state index contributed by atoms with van der Waals surface area (Å²) in [5, 5.41) is 16.9. The summed E-state index contributed by atoms with van der Waals surface area (Å²) in [6.07, 6.45) is 4.23. The monoisotopic (exact) mass is 551 g/mol. The van der Waals surface area contributed by atoms with Crippen LogP contribution < -0.4 is 0 Å². The van der Waals surface area contributed by atoms with Crippen molar-refractivity contribution in [1.82, 2.24) is 0 Å². The molecule has 0 rings (SSSR count). The van der Waals surface area contributed by atoms with E-state index >= 15 is 0 Å². The van der Waals surface area contributed by atoms with Crippen LogP contribution in [0.15, 0.2) is 12.2 Å². The third-order valence-corrected chi connectivity index (χ3v) is 6.14. The Hall–Kier alpha value is -0.880. The molecule has 0 fully saturated rings. The number of hydrogen-bond acceptors (Lipinski definition) is 5. The molecule has 13 heteroatoms. The molecule has 0 aromatic heterocycles. The molecule has 5 N–H and O–H groups in total. The van der Waals surface area contributed by atoms with Gasteiger partial charge in [-0.25, -0.2) is 0 Å². The van der Waals surface area contributed by atoms with Gasteiger partial charge in [-0.05, 0) is 30.2 Å². The van der Waals surface area contributed by atoms with Crippen LogP contribution in [0, 0.1) is 11.8 Å². The van der Waals surface area contributed by atoms with Crippen LogP contribution in [0.3, 0.4) is 0 Å². The van der Waals surface area contributed by atoms with E-state index in [1.165, 1.54) is 31.7 Å². The van der Waals surface area contributed by atoms with Crippen LogP contribution >= 0.6 is 22.8 Å². The molecule has 34 heavy (non-hydrogen) atoms. The summed E-state index contributed by atoms with van der Waals surface area (Å²) in [6.45, 7) is 15.8. The maximum Gasteiger partial charge on any atom is 0.502 e. The molecule has 0 spiro atoms. The fourth-order valence-electron chi connectivity index (χ4n) is 2.59. The first-order valence-corrected chi connectivity index (χ1v) is 17.2. The van der Waals surface area contributed by atoms with Gasteiger partial charge in [-0.1, -0.05) is 45.6 Å². The van der Waals surface area contributed by atoms with E-state index in [9.17, 15) is 18.7 Å². The molecule has 0 saturated heterocycles. The molecule has 0 bridgehead atoms. The van der Waals surface area contributed by atoms with Crippen molar-refractivity contribution in [2.45, 2.75) is 66.2 Å². The van der Waals surface area contributed by atoms with Crippen LogP contribution in [0.5, 0.6) is 0 Å². The molecule has 5 unspecified atom stereocenters. The van der Waals surface area contributed by atoms with Gasteiger partial charge in [0.25, 0.3) is 0 Å². The highest BCUT2D eigenvalue weighted by Crippen LogP contribution is 2.39. The average molecular weight is 552 g/mol. The van der Waals surface area contributed by atoms with Crippen molar-refractivity contribution >= 4 is 34.7 Å². The van der Waals surface area contributed by atoms with Crippen LogP contribution in [0.25, 0.3) is 0 Å². The van der Waals surface area contributed by atoms with Crippen LogP contribution in [-0.2, 0) is 23.3 Å². The van der Waals surface area contributed by atoms with E-state index < -0.39 is 40.6 Å². The number of hydrogen-bond donors (Lipinski definition) is 5. The first kappa shape index (κ1) is 40.3. The molecule has 0 radical (unpaired) electrons. The Balaban J connectivity index is -0.000000196. The van der Waals surface area contributed by atoms with E-state index in [1.807, 2.05) is 6.92 Å². The van der Waals surface area contributed by atoms with Gasteiger partial charge in [0.05, 0.1) is 5.92 Å². The molecule has 5 atom stereocenters. The second-order valence-electron chi connectivity index (χ2n) is 8.50. The van der Waals surface area contributed by atoms with Crippen LogP contribution in [0.1, 0.15) is 66.2 Å². The molecule has 0 aromatic carbocycles. The van der Waals surface area contributed by atoms with Crippen LogP contribution in [-0.4, -0.2) is 69.2 Å². The number of aliphatic carboxylic acids is 2. The van der Waals surface area contributed by atoms with Gasteiger partial charge < -0.3 is 20.0 Å². The third kappa shape index (κ3) is 48.5. The maximum absolute atomic E-state index is 10.9. The van der Waals surface area contributed by atoms with Crippen molar-refractivity contribution in [2.24, 2.45) is 11.8 Å². The van der Waals surface area contributed by atoms with Crippen molar-refractivity contribution < 1.29 is 48.2 Å². The third-order valence-electron chi connectivity index (χ3n) is 3.72. The van der Waals surface area contributed by atoms with E-state index in [0.717, 1.165) is 19.5 Å².